The van der Waals surface area contributed by atoms with Crippen LogP contribution in [0.15, 0.2) is 41.3 Å². The van der Waals surface area contributed by atoms with E-state index in [1.54, 1.807) is 31.2 Å². The first-order valence-electron chi connectivity index (χ1n) is 9.38. The van der Waals surface area contributed by atoms with Gasteiger partial charge in [-0.25, -0.2) is 13.1 Å². The molecule has 8 nitrogen and oxygen atoms in total. The van der Waals surface area contributed by atoms with Crippen molar-refractivity contribution in [2.75, 3.05) is 27.9 Å². The van der Waals surface area contributed by atoms with E-state index in [1.807, 2.05) is 6.92 Å². The molecule has 0 heterocycles. The number of sulfonamides is 1. The van der Waals surface area contributed by atoms with Crippen molar-refractivity contribution in [1.82, 2.24) is 4.72 Å². The topological polar surface area (TPSA) is 100 Å². The fraction of sp³-hybridized carbons (Fsp3) is 0.381. The quantitative estimate of drug-likeness (QED) is 0.382. The van der Waals surface area contributed by atoms with Gasteiger partial charge in [-0.3, -0.25) is 4.79 Å². The first-order valence-corrected chi connectivity index (χ1v) is 11.8. The molecule has 0 fully saturated rings. The molecule has 0 bridgehead atoms. The van der Waals surface area contributed by atoms with Crippen molar-refractivity contribution in [3.8, 4) is 17.2 Å². The molecule has 0 aliphatic rings. The number of halogens is 1. The second-order valence-electron chi connectivity index (χ2n) is 6.52. The third kappa shape index (κ3) is 5.90. The second-order valence-corrected chi connectivity index (χ2v) is 9.22. The standard InChI is InChI=1S/C21H26BrNO7S/c1-6-30-21(24)18(22)19(23-31(25,26)15-9-7-13(2)8-10-15)14-11-16(27-3)20(29-5)17(12-14)28-4/h7-12,18-19,23H,6H2,1-5H3. The summed E-state index contributed by atoms with van der Waals surface area (Å²) in [6.45, 7) is 3.67. The summed E-state index contributed by atoms with van der Waals surface area (Å²) in [6.07, 6.45) is 0. The molecule has 0 amide bonds. The molecular weight excluding hydrogens is 490 g/mol. The molecule has 170 valence electrons. The van der Waals surface area contributed by atoms with E-state index < -0.39 is 26.9 Å². The first kappa shape index (κ1) is 25.0. The largest absolute Gasteiger partial charge is 0.493 e. The van der Waals surface area contributed by atoms with Gasteiger partial charge in [0.25, 0.3) is 0 Å². The molecule has 2 unspecified atom stereocenters. The van der Waals surface area contributed by atoms with Crippen LogP contribution in [0.3, 0.4) is 0 Å². The molecule has 2 atom stereocenters. The predicted octanol–water partition coefficient (Wildman–Crippen LogP) is 3.37. The maximum Gasteiger partial charge on any atom is 0.321 e. The van der Waals surface area contributed by atoms with Crippen molar-refractivity contribution in [2.24, 2.45) is 0 Å². The SMILES string of the molecule is CCOC(=O)C(Br)C(NS(=O)(=O)c1ccc(C)cc1)c1cc(OC)c(OC)c(OC)c1. The zero-order valence-corrected chi connectivity index (χ0v) is 20.4. The smallest absolute Gasteiger partial charge is 0.321 e. The monoisotopic (exact) mass is 515 g/mol. The molecule has 0 saturated heterocycles. The van der Waals surface area contributed by atoms with Crippen LogP contribution >= 0.6 is 15.9 Å². The Hall–Kier alpha value is -2.30. The van der Waals surface area contributed by atoms with E-state index in [1.165, 1.54) is 33.5 Å². The fourth-order valence-electron chi connectivity index (χ4n) is 2.89. The Bertz CT molecular complexity index is 984. The molecule has 2 aromatic carbocycles. The van der Waals surface area contributed by atoms with Crippen LogP contribution in [0.1, 0.15) is 24.1 Å². The Morgan fingerprint density at radius 3 is 2.03 bits per heavy atom. The molecule has 0 spiro atoms. The van der Waals surface area contributed by atoms with Gasteiger partial charge in [0, 0.05) is 0 Å². The van der Waals surface area contributed by atoms with E-state index in [4.69, 9.17) is 18.9 Å². The van der Waals surface area contributed by atoms with Crippen LogP contribution in [0.4, 0.5) is 0 Å². The average Bonchev–Trinajstić information content (AvgIpc) is 2.76. The van der Waals surface area contributed by atoms with Crippen LogP contribution in [0.2, 0.25) is 0 Å². The van der Waals surface area contributed by atoms with Gasteiger partial charge in [-0.15, -0.1) is 0 Å². The summed E-state index contributed by atoms with van der Waals surface area (Å²) >= 11 is 3.30. The van der Waals surface area contributed by atoms with Crippen LogP contribution in [-0.2, 0) is 19.6 Å². The lowest BCUT2D eigenvalue weighted by atomic mass is 10.0. The van der Waals surface area contributed by atoms with E-state index in [0.29, 0.717) is 22.8 Å². The second kappa shape index (κ2) is 10.8. The normalized spacial score (nSPS) is 13.2. The lowest BCUT2D eigenvalue weighted by molar-refractivity contribution is -0.142. The number of carbonyl (C=O) groups excluding carboxylic acids is 1. The molecule has 10 heteroatoms. The van der Waals surface area contributed by atoms with Gasteiger partial charge >= 0.3 is 5.97 Å². The molecule has 0 aromatic heterocycles. The van der Waals surface area contributed by atoms with Gasteiger partial charge in [0.15, 0.2) is 11.5 Å². The molecule has 0 saturated carbocycles. The summed E-state index contributed by atoms with van der Waals surface area (Å²) in [7, 11) is 0.384. The Morgan fingerprint density at radius 1 is 1.03 bits per heavy atom. The summed E-state index contributed by atoms with van der Waals surface area (Å²) in [6, 6.07) is 8.52. The molecule has 0 aliphatic carbocycles. The minimum atomic E-state index is -3.97. The number of benzene rings is 2. The number of alkyl halides is 1. The summed E-state index contributed by atoms with van der Waals surface area (Å²) in [5, 5.41) is 0. The predicted molar refractivity (Wildman–Crippen MR) is 120 cm³/mol. The summed E-state index contributed by atoms with van der Waals surface area (Å²) in [5.74, 6) is 0.365. The van der Waals surface area contributed by atoms with Gasteiger partial charge < -0.3 is 18.9 Å². The fourth-order valence-corrected chi connectivity index (χ4v) is 4.87. The summed E-state index contributed by atoms with van der Waals surface area (Å²) in [5.41, 5.74) is 1.34. The lowest BCUT2D eigenvalue weighted by Gasteiger charge is -2.25. The Labute approximate surface area is 191 Å². The highest BCUT2D eigenvalue weighted by atomic mass is 79.9. The van der Waals surface area contributed by atoms with Gasteiger partial charge in [-0.2, -0.15) is 0 Å². The van der Waals surface area contributed by atoms with Crippen LogP contribution in [0, 0.1) is 6.92 Å². The lowest BCUT2D eigenvalue weighted by Crippen LogP contribution is -2.38. The third-order valence-electron chi connectivity index (χ3n) is 4.46. The minimum absolute atomic E-state index is 0.0686. The van der Waals surface area contributed by atoms with Crippen molar-refractivity contribution in [3.05, 3.63) is 47.5 Å². The maximum atomic E-state index is 13.1. The van der Waals surface area contributed by atoms with Crippen LogP contribution < -0.4 is 18.9 Å². The van der Waals surface area contributed by atoms with Crippen molar-refractivity contribution in [1.29, 1.82) is 0 Å². The zero-order chi connectivity index (χ0) is 23.2. The number of hydrogen-bond donors (Lipinski definition) is 1. The number of ether oxygens (including phenoxy) is 4. The van der Waals surface area contributed by atoms with Gasteiger partial charge in [-0.1, -0.05) is 33.6 Å². The van der Waals surface area contributed by atoms with Crippen LogP contribution in [-0.4, -0.2) is 47.2 Å². The van der Waals surface area contributed by atoms with E-state index in [2.05, 4.69) is 20.7 Å². The Kier molecular flexibility index (Phi) is 8.72. The minimum Gasteiger partial charge on any atom is -0.493 e. The van der Waals surface area contributed by atoms with Gasteiger partial charge in [0.2, 0.25) is 15.8 Å². The van der Waals surface area contributed by atoms with Gasteiger partial charge in [0.05, 0.1) is 38.9 Å². The van der Waals surface area contributed by atoms with E-state index in [9.17, 15) is 13.2 Å². The number of rotatable bonds is 10. The molecule has 0 radical (unpaired) electrons. The van der Waals surface area contributed by atoms with E-state index in [-0.39, 0.29) is 11.5 Å². The zero-order valence-electron chi connectivity index (χ0n) is 18.0. The van der Waals surface area contributed by atoms with Crippen molar-refractivity contribution in [2.45, 2.75) is 29.6 Å². The van der Waals surface area contributed by atoms with E-state index >= 15 is 0 Å². The number of aryl methyl sites for hydroxylation is 1. The summed E-state index contributed by atoms with van der Waals surface area (Å²) in [4.78, 5) is 11.5. The first-order chi connectivity index (χ1) is 14.7. The maximum absolute atomic E-state index is 13.1. The van der Waals surface area contributed by atoms with E-state index in [0.717, 1.165) is 5.56 Å². The Balaban J connectivity index is 2.58. The average molecular weight is 516 g/mol. The highest BCUT2D eigenvalue weighted by molar-refractivity contribution is 9.10. The number of nitrogens with one attached hydrogen (secondary N) is 1. The van der Waals surface area contributed by atoms with Crippen molar-refractivity contribution in [3.63, 3.8) is 0 Å². The Morgan fingerprint density at radius 2 is 1.58 bits per heavy atom. The number of esters is 1. The molecule has 0 aliphatic heterocycles. The highest BCUT2D eigenvalue weighted by Crippen LogP contribution is 2.41. The highest BCUT2D eigenvalue weighted by Gasteiger charge is 2.34. The van der Waals surface area contributed by atoms with Crippen LogP contribution in [0.25, 0.3) is 0 Å². The molecular formula is C21H26BrNO7S. The number of carbonyl (C=O) groups is 1. The summed E-state index contributed by atoms with van der Waals surface area (Å²) < 4.78 is 49.9. The van der Waals surface area contributed by atoms with Gasteiger partial charge in [-0.05, 0) is 43.7 Å². The molecule has 2 rings (SSSR count). The van der Waals surface area contributed by atoms with Crippen molar-refractivity contribution < 1.29 is 32.2 Å². The van der Waals surface area contributed by atoms with Gasteiger partial charge in [0.1, 0.15) is 4.83 Å². The molecule has 31 heavy (non-hydrogen) atoms. The third-order valence-corrected chi connectivity index (χ3v) is 6.82. The molecule has 1 N–H and O–H groups in total. The van der Waals surface area contributed by atoms with Crippen molar-refractivity contribution >= 4 is 31.9 Å². The van der Waals surface area contributed by atoms with Crippen LogP contribution in [0.5, 0.6) is 17.2 Å². The number of hydrogen-bond acceptors (Lipinski definition) is 7. The number of methoxy groups -OCH3 is 3. The molecule has 2 aromatic rings.